The van der Waals surface area contributed by atoms with Crippen LogP contribution in [0.1, 0.15) is 12.5 Å². The molecule has 1 atom stereocenters. The van der Waals surface area contributed by atoms with E-state index >= 15 is 0 Å². The number of non-ortho nitro benzene ring substituents is 1. The number of anilines is 1. The Balaban J connectivity index is 2.00. The molecular weight excluding hydrogens is 396 g/mol. The molecule has 10 nitrogen and oxygen atoms in total. The summed E-state index contributed by atoms with van der Waals surface area (Å²) in [5.41, 5.74) is 0.581. The van der Waals surface area contributed by atoms with Gasteiger partial charge in [-0.15, -0.1) is 0 Å². The molecule has 158 valence electrons. The number of nitrogens with zero attached hydrogens (tertiary/aromatic N) is 1. The number of hydrogen-bond donors (Lipinski definition) is 2. The number of ether oxygens (including phenoxy) is 3. The molecular formula is C20H20N2O8. The predicted molar refractivity (Wildman–Crippen MR) is 108 cm³/mol. The average Bonchev–Trinajstić information content (AvgIpc) is 2.73. The van der Waals surface area contributed by atoms with Crippen LogP contribution >= 0.6 is 0 Å². The largest absolute Gasteiger partial charge is 0.504 e. The van der Waals surface area contributed by atoms with Crippen molar-refractivity contribution in [1.82, 2.24) is 0 Å². The monoisotopic (exact) mass is 416 g/mol. The number of carbonyl (C=O) groups excluding carboxylic acids is 2. The second-order valence-corrected chi connectivity index (χ2v) is 5.97. The summed E-state index contributed by atoms with van der Waals surface area (Å²) >= 11 is 0. The van der Waals surface area contributed by atoms with E-state index < -0.39 is 22.9 Å². The van der Waals surface area contributed by atoms with Crippen LogP contribution in [0.5, 0.6) is 17.2 Å². The third-order valence-corrected chi connectivity index (χ3v) is 3.93. The number of aromatic hydroxyl groups is 1. The van der Waals surface area contributed by atoms with Gasteiger partial charge in [-0.3, -0.25) is 14.9 Å². The zero-order valence-corrected chi connectivity index (χ0v) is 16.4. The molecule has 0 fully saturated rings. The molecule has 1 amide bonds. The van der Waals surface area contributed by atoms with Crippen LogP contribution < -0.4 is 14.8 Å². The van der Waals surface area contributed by atoms with Crippen LogP contribution in [0.2, 0.25) is 0 Å². The van der Waals surface area contributed by atoms with E-state index in [4.69, 9.17) is 14.2 Å². The molecule has 0 aromatic heterocycles. The molecule has 30 heavy (non-hydrogen) atoms. The summed E-state index contributed by atoms with van der Waals surface area (Å²) in [5.74, 6) is -1.10. The lowest BCUT2D eigenvalue weighted by molar-refractivity contribution is -0.384. The summed E-state index contributed by atoms with van der Waals surface area (Å²) in [6.45, 7) is 1.38. The van der Waals surface area contributed by atoms with Crippen LogP contribution in [-0.2, 0) is 14.3 Å². The van der Waals surface area contributed by atoms with Gasteiger partial charge in [-0.1, -0.05) is 6.07 Å². The zero-order valence-electron chi connectivity index (χ0n) is 16.4. The number of phenolic OH excluding ortho intramolecular Hbond substituents is 1. The van der Waals surface area contributed by atoms with Gasteiger partial charge in [0.05, 0.1) is 30.9 Å². The Morgan fingerprint density at radius 3 is 2.47 bits per heavy atom. The number of nitro groups is 1. The average molecular weight is 416 g/mol. The van der Waals surface area contributed by atoms with Crippen LogP contribution in [0, 0.1) is 10.1 Å². The smallest absolute Gasteiger partial charge is 0.331 e. The summed E-state index contributed by atoms with van der Waals surface area (Å²) in [6.07, 6.45) is 1.42. The third kappa shape index (κ3) is 5.71. The van der Waals surface area contributed by atoms with Gasteiger partial charge >= 0.3 is 5.97 Å². The number of nitrogens with one attached hydrogen (secondary N) is 1. The highest BCUT2D eigenvalue weighted by atomic mass is 16.6. The fourth-order valence-corrected chi connectivity index (χ4v) is 2.36. The SMILES string of the molecule is COc1cc(/C=C/C(=O)O[C@H](C)C(=O)Nc2ccc([N+](=O)[O-])cc2OC)ccc1O. The minimum Gasteiger partial charge on any atom is -0.504 e. The van der Waals surface area contributed by atoms with Crippen LogP contribution in [0.4, 0.5) is 11.4 Å². The maximum atomic E-state index is 12.3. The molecule has 0 unspecified atom stereocenters. The van der Waals surface area contributed by atoms with Crippen molar-refractivity contribution in [2.45, 2.75) is 13.0 Å². The van der Waals surface area contributed by atoms with Gasteiger partial charge in [0.25, 0.3) is 11.6 Å². The summed E-state index contributed by atoms with van der Waals surface area (Å²) in [6, 6.07) is 8.21. The van der Waals surface area contributed by atoms with Crippen molar-refractivity contribution >= 4 is 29.3 Å². The number of amides is 1. The third-order valence-electron chi connectivity index (χ3n) is 3.93. The van der Waals surface area contributed by atoms with E-state index in [1.165, 1.54) is 57.6 Å². The summed E-state index contributed by atoms with van der Waals surface area (Å²) in [7, 11) is 2.71. The first-order chi connectivity index (χ1) is 14.2. The van der Waals surface area contributed by atoms with Gasteiger partial charge in [-0.2, -0.15) is 0 Å². The van der Waals surface area contributed by atoms with Gasteiger partial charge in [0.1, 0.15) is 5.75 Å². The highest BCUT2D eigenvalue weighted by Crippen LogP contribution is 2.29. The Labute approximate surface area is 171 Å². The number of carbonyl (C=O) groups is 2. The van der Waals surface area contributed by atoms with Crippen molar-refractivity contribution in [2.75, 3.05) is 19.5 Å². The van der Waals surface area contributed by atoms with E-state index in [0.29, 0.717) is 5.56 Å². The van der Waals surface area contributed by atoms with E-state index in [1.807, 2.05) is 0 Å². The molecule has 0 aliphatic rings. The van der Waals surface area contributed by atoms with Crippen LogP contribution in [0.3, 0.4) is 0 Å². The quantitative estimate of drug-likeness (QED) is 0.290. The number of rotatable bonds is 8. The normalized spacial score (nSPS) is 11.6. The molecule has 0 aliphatic heterocycles. The maximum Gasteiger partial charge on any atom is 0.331 e. The van der Waals surface area contributed by atoms with E-state index in [2.05, 4.69) is 5.32 Å². The zero-order chi connectivity index (χ0) is 22.3. The molecule has 2 aromatic carbocycles. The Kier molecular flexibility index (Phi) is 7.34. The molecule has 0 bridgehead atoms. The van der Waals surface area contributed by atoms with Crippen molar-refractivity contribution in [3.05, 3.63) is 58.2 Å². The lowest BCUT2D eigenvalue weighted by Crippen LogP contribution is -2.29. The summed E-state index contributed by atoms with van der Waals surface area (Å²) in [4.78, 5) is 34.5. The predicted octanol–water partition coefficient (Wildman–Crippen LogP) is 2.90. The second kappa shape index (κ2) is 9.92. The second-order valence-electron chi connectivity index (χ2n) is 5.97. The van der Waals surface area contributed by atoms with Crippen molar-refractivity contribution in [1.29, 1.82) is 0 Å². The molecule has 2 rings (SSSR count). The Morgan fingerprint density at radius 1 is 1.13 bits per heavy atom. The first kappa shape index (κ1) is 22.2. The summed E-state index contributed by atoms with van der Waals surface area (Å²) in [5, 5.41) is 22.9. The first-order valence-corrected chi connectivity index (χ1v) is 8.64. The molecule has 0 saturated carbocycles. The Morgan fingerprint density at radius 2 is 1.83 bits per heavy atom. The number of phenols is 1. The van der Waals surface area contributed by atoms with Crippen LogP contribution in [0.15, 0.2) is 42.5 Å². The molecule has 2 aromatic rings. The fourth-order valence-electron chi connectivity index (χ4n) is 2.36. The van der Waals surface area contributed by atoms with Gasteiger partial charge in [-0.25, -0.2) is 4.79 Å². The Bertz CT molecular complexity index is 987. The fraction of sp³-hybridized carbons (Fsp3) is 0.200. The number of esters is 1. The van der Waals surface area contributed by atoms with E-state index in [9.17, 15) is 24.8 Å². The summed E-state index contributed by atoms with van der Waals surface area (Å²) < 4.78 is 15.1. The van der Waals surface area contributed by atoms with Gasteiger partial charge in [0.15, 0.2) is 17.6 Å². The van der Waals surface area contributed by atoms with Gasteiger partial charge in [-0.05, 0) is 36.8 Å². The molecule has 0 radical (unpaired) electrons. The molecule has 0 saturated heterocycles. The molecule has 2 N–H and O–H groups in total. The molecule has 0 heterocycles. The highest BCUT2D eigenvalue weighted by Gasteiger charge is 2.19. The number of nitro benzene ring substituents is 1. The van der Waals surface area contributed by atoms with Crippen molar-refractivity contribution in [3.63, 3.8) is 0 Å². The van der Waals surface area contributed by atoms with Gasteiger partial charge in [0, 0.05) is 12.1 Å². The van der Waals surface area contributed by atoms with Crippen molar-refractivity contribution in [2.24, 2.45) is 0 Å². The number of methoxy groups -OCH3 is 2. The first-order valence-electron chi connectivity index (χ1n) is 8.64. The van der Waals surface area contributed by atoms with Crippen LogP contribution in [-0.4, -0.2) is 42.2 Å². The lowest BCUT2D eigenvalue weighted by atomic mass is 10.2. The van der Waals surface area contributed by atoms with E-state index in [1.54, 1.807) is 6.07 Å². The van der Waals surface area contributed by atoms with E-state index in [-0.39, 0.29) is 28.6 Å². The van der Waals surface area contributed by atoms with Crippen LogP contribution in [0.25, 0.3) is 6.08 Å². The Hall–Kier alpha value is -4.08. The lowest BCUT2D eigenvalue weighted by Gasteiger charge is -2.14. The minimum atomic E-state index is -1.14. The molecule has 10 heteroatoms. The van der Waals surface area contributed by atoms with Gasteiger partial charge < -0.3 is 24.6 Å². The minimum absolute atomic E-state index is 0.0378. The molecule has 0 aliphatic carbocycles. The standard InChI is InChI=1S/C20H20N2O8/c1-12(20(25)21-15-7-6-14(22(26)27)11-17(15)28-2)30-19(24)9-5-13-4-8-16(23)18(10-13)29-3/h4-12,23H,1-3H3,(H,21,25)/b9-5+/t12-/m1/s1. The topological polar surface area (TPSA) is 137 Å². The number of hydrogen-bond acceptors (Lipinski definition) is 8. The van der Waals surface area contributed by atoms with E-state index in [0.717, 1.165) is 6.08 Å². The van der Waals surface area contributed by atoms with Crippen molar-refractivity contribution < 1.29 is 33.8 Å². The number of benzene rings is 2. The van der Waals surface area contributed by atoms with Gasteiger partial charge in [0.2, 0.25) is 0 Å². The van der Waals surface area contributed by atoms with Crippen molar-refractivity contribution in [3.8, 4) is 17.2 Å². The molecule has 0 spiro atoms. The highest BCUT2D eigenvalue weighted by molar-refractivity contribution is 5.97. The maximum absolute atomic E-state index is 12.3.